The van der Waals surface area contributed by atoms with Crippen molar-refractivity contribution in [3.63, 3.8) is 0 Å². The highest BCUT2D eigenvalue weighted by Crippen LogP contribution is 2.08. The van der Waals surface area contributed by atoms with E-state index in [4.69, 9.17) is 0 Å². The van der Waals surface area contributed by atoms with E-state index in [1.807, 2.05) is 0 Å². The van der Waals surface area contributed by atoms with Gasteiger partial charge in [0.15, 0.2) is 0 Å². The van der Waals surface area contributed by atoms with Gasteiger partial charge < -0.3 is 5.32 Å². The van der Waals surface area contributed by atoms with Crippen LogP contribution in [0, 0.1) is 5.92 Å². The quantitative estimate of drug-likeness (QED) is 0.610. The first kappa shape index (κ1) is 14.0. The van der Waals surface area contributed by atoms with Gasteiger partial charge in [-0.25, -0.2) is 0 Å². The van der Waals surface area contributed by atoms with E-state index in [1.54, 1.807) is 0 Å². The molecule has 1 N–H and O–H groups in total. The van der Waals surface area contributed by atoms with Crippen molar-refractivity contribution in [2.75, 3.05) is 0 Å². The van der Waals surface area contributed by atoms with Gasteiger partial charge in [-0.15, -0.1) is 0 Å². The molecule has 0 aromatic rings. The highest BCUT2D eigenvalue weighted by atomic mass is 14.9. The molecule has 86 valence electrons. The SMILES string of the molecule is C=C(CC(C)C)NC(/C=C\CC)=C/CC. The third-order valence-corrected chi connectivity index (χ3v) is 1.93. The molecule has 0 saturated heterocycles. The zero-order chi connectivity index (χ0) is 11.7. The van der Waals surface area contributed by atoms with Gasteiger partial charge in [0.25, 0.3) is 0 Å². The van der Waals surface area contributed by atoms with Crippen molar-refractivity contribution in [3.05, 3.63) is 36.2 Å². The molecule has 0 spiro atoms. The molecule has 0 atom stereocenters. The minimum atomic E-state index is 0.656. The molecule has 1 heteroatoms. The summed E-state index contributed by atoms with van der Waals surface area (Å²) in [6.45, 7) is 12.7. The first-order valence-corrected chi connectivity index (χ1v) is 5.91. The Kier molecular flexibility index (Phi) is 7.79. The molecule has 0 heterocycles. The van der Waals surface area contributed by atoms with Crippen LogP contribution < -0.4 is 5.32 Å². The van der Waals surface area contributed by atoms with Crippen LogP contribution in [0.15, 0.2) is 36.2 Å². The molecular weight excluding hydrogens is 182 g/mol. The first-order valence-electron chi connectivity index (χ1n) is 5.91. The van der Waals surface area contributed by atoms with Gasteiger partial charge >= 0.3 is 0 Å². The second kappa shape index (κ2) is 8.34. The van der Waals surface area contributed by atoms with Gasteiger partial charge in [0, 0.05) is 11.4 Å². The fraction of sp³-hybridized carbons (Fsp3) is 0.571. The van der Waals surface area contributed by atoms with E-state index in [9.17, 15) is 0 Å². The topological polar surface area (TPSA) is 12.0 Å². The second-order valence-corrected chi connectivity index (χ2v) is 4.20. The molecule has 0 amide bonds. The Hall–Kier alpha value is -0.980. The summed E-state index contributed by atoms with van der Waals surface area (Å²) in [4.78, 5) is 0. The summed E-state index contributed by atoms with van der Waals surface area (Å²) in [5, 5.41) is 3.36. The van der Waals surface area contributed by atoms with E-state index in [-0.39, 0.29) is 0 Å². The summed E-state index contributed by atoms with van der Waals surface area (Å²) < 4.78 is 0. The number of rotatable bonds is 7. The van der Waals surface area contributed by atoms with Crippen molar-refractivity contribution >= 4 is 0 Å². The molecule has 0 saturated carbocycles. The van der Waals surface area contributed by atoms with Crippen molar-refractivity contribution in [1.29, 1.82) is 0 Å². The monoisotopic (exact) mass is 207 g/mol. The van der Waals surface area contributed by atoms with Gasteiger partial charge in [-0.2, -0.15) is 0 Å². The van der Waals surface area contributed by atoms with Gasteiger partial charge in [0.2, 0.25) is 0 Å². The van der Waals surface area contributed by atoms with Gasteiger partial charge in [0.1, 0.15) is 0 Å². The summed E-state index contributed by atoms with van der Waals surface area (Å²) in [7, 11) is 0. The largest absolute Gasteiger partial charge is 0.360 e. The van der Waals surface area contributed by atoms with Crippen LogP contribution in [0.5, 0.6) is 0 Å². The van der Waals surface area contributed by atoms with Gasteiger partial charge in [0.05, 0.1) is 0 Å². The van der Waals surface area contributed by atoms with Gasteiger partial charge in [-0.3, -0.25) is 0 Å². The van der Waals surface area contributed by atoms with E-state index in [1.165, 1.54) is 5.70 Å². The molecule has 0 radical (unpaired) electrons. The number of hydrogen-bond acceptors (Lipinski definition) is 1. The number of hydrogen-bond donors (Lipinski definition) is 1. The lowest BCUT2D eigenvalue weighted by atomic mass is 10.1. The predicted molar refractivity (Wildman–Crippen MR) is 69.5 cm³/mol. The van der Waals surface area contributed by atoms with E-state index < -0.39 is 0 Å². The fourth-order valence-electron chi connectivity index (χ4n) is 1.37. The number of nitrogens with one attached hydrogen (secondary N) is 1. The molecule has 1 nitrogen and oxygen atoms in total. The minimum absolute atomic E-state index is 0.656. The molecule has 0 bridgehead atoms. The fourth-order valence-corrected chi connectivity index (χ4v) is 1.37. The lowest BCUT2D eigenvalue weighted by Crippen LogP contribution is -2.12. The molecule has 0 unspecified atom stereocenters. The molecule has 0 fully saturated rings. The Balaban J connectivity index is 4.23. The van der Waals surface area contributed by atoms with Crippen molar-refractivity contribution in [1.82, 2.24) is 5.32 Å². The van der Waals surface area contributed by atoms with Crippen LogP contribution in [-0.2, 0) is 0 Å². The first-order chi connectivity index (χ1) is 7.10. The molecular formula is C14H25N. The molecule has 0 aliphatic carbocycles. The molecule has 15 heavy (non-hydrogen) atoms. The minimum Gasteiger partial charge on any atom is -0.360 e. The standard InChI is InChI=1S/C14H25N/c1-6-8-10-14(9-7-2)15-13(5)11-12(3)4/h8-10,12,15H,5-7,11H2,1-4H3/b10-8-,14-9+. The molecule has 0 aliphatic heterocycles. The highest BCUT2D eigenvalue weighted by molar-refractivity contribution is 5.20. The van der Waals surface area contributed by atoms with Crippen LogP contribution in [0.1, 0.15) is 47.0 Å². The molecule has 0 rings (SSSR count). The van der Waals surface area contributed by atoms with Crippen LogP contribution in [0.4, 0.5) is 0 Å². The average molecular weight is 207 g/mol. The third kappa shape index (κ3) is 8.04. The maximum atomic E-state index is 4.04. The molecule has 0 aromatic carbocycles. The van der Waals surface area contributed by atoms with Crippen LogP contribution >= 0.6 is 0 Å². The normalized spacial score (nSPS) is 12.5. The van der Waals surface area contributed by atoms with E-state index in [0.717, 1.165) is 25.0 Å². The molecule has 0 aliphatic rings. The van der Waals surface area contributed by atoms with Crippen molar-refractivity contribution in [2.45, 2.75) is 47.0 Å². The lowest BCUT2D eigenvalue weighted by Gasteiger charge is -2.12. The van der Waals surface area contributed by atoms with E-state index in [2.05, 4.69) is 57.8 Å². The lowest BCUT2D eigenvalue weighted by molar-refractivity contribution is 0.622. The summed E-state index contributed by atoms with van der Waals surface area (Å²) in [5.41, 5.74) is 2.27. The van der Waals surface area contributed by atoms with Crippen molar-refractivity contribution in [3.8, 4) is 0 Å². The highest BCUT2D eigenvalue weighted by Gasteiger charge is 1.99. The Bertz CT molecular complexity index is 234. The van der Waals surface area contributed by atoms with Crippen LogP contribution in [0.2, 0.25) is 0 Å². The van der Waals surface area contributed by atoms with Gasteiger partial charge in [-0.1, -0.05) is 46.4 Å². The maximum Gasteiger partial charge on any atom is 0.0337 e. The zero-order valence-electron chi connectivity index (χ0n) is 10.6. The van der Waals surface area contributed by atoms with Crippen LogP contribution in [0.25, 0.3) is 0 Å². The van der Waals surface area contributed by atoms with E-state index >= 15 is 0 Å². The van der Waals surface area contributed by atoms with Crippen molar-refractivity contribution < 1.29 is 0 Å². The summed E-state index contributed by atoms with van der Waals surface area (Å²) in [5.74, 6) is 0.656. The molecule has 0 aromatic heterocycles. The summed E-state index contributed by atoms with van der Waals surface area (Å²) in [6, 6.07) is 0. The Morgan fingerprint density at radius 2 is 1.93 bits per heavy atom. The van der Waals surface area contributed by atoms with Gasteiger partial charge in [-0.05, 0) is 31.3 Å². The summed E-state index contributed by atoms with van der Waals surface area (Å²) in [6.07, 6.45) is 9.63. The zero-order valence-corrected chi connectivity index (χ0v) is 10.6. The Morgan fingerprint density at radius 3 is 2.40 bits per heavy atom. The Morgan fingerprint density at radius 1 is 1.27 bits per heavy atom. The predicted octanol–water partition coefficient (Wildman–Crippen LogP) is 4.40. The maximum absolute atomic E-state index is 4.04. The number of allylic oxidation sites excluding steroid dienone is 4. The second-order valence-electron chi connectivity index (χ2n) is 4.20. The van der Waals surface area contributed by atoms with Crippen molar-refractivity contribution in [2.24, 2.45) is 5.92 Å². The summed E-state index contributed by atoms with van der Waals surface area (Å²) >= 11 is 0. The average Bonchev–Trinajstić information content (AvgIpc) is 2.13. The Labute approximate surface area is 95.0 Å². The third-order valence-electron chi connectivity index (χ3n) is 1.93. The van der Waals surface area contributed by atoms with Crippen LogP contribution in [0.3, 0.4) is 0 Å². The van der Waals surface area contributed by atoms with Crippen LogP contribution in [-0.4, -0.2) is 0 Å². The van der Waals surface area contributed by atoms with E-state index in [0.29, 0.717) is 5.92 Å². The smallest absolute Gasteiger partial charge is 0.0337 e.